The van der Waals surface area contributed by atoms with E-state index in [-0.39, 0.29) is 35.6 Å². The van der Waals surface area contributed by atoms with Crippen LogP contribution in [0.25, 0.3) is 0 Å². The van der Waals surface area contributed by atoms with E-state index in [1.54, 1.807) is 19.2 Å². The van der Waals surface area contributed by atoms with Gasteiger partial charge < -0.3 is 25.8 Å². The van der Waals surface area contributed by atoms with Crippen LogP contribution in [-0.2, 0) is 6.54 Å². The molecule has 0 saturated carbocycles. The smallest absolute Gasteiger partial charge is 0.251 e. The molecule has 0 heterocycles. The van der Waals surface area contributed by atoms with Crippen molar-refractivity contribution in [1.29, 1.82) is 0 Å². The highest BCUT2D eigenvalue weighted by atomic mass is 127. The van der Waals surface area contributed by atoms with E-state index in [1.807, 2.05) is 31.2 Å². The predicted molar refractivity (Wildman–Crippen MR) is 126 cm³/mol. The lowest BCUT2D eigenvalue weighted by atomic mass is 10.2. The number of carbonyl (C=O) groups is 1. The van der Waals surface area contributed by atoms with E-state index in [4.69, 9.17) is 4.74 Å². The highest BCUT2D eigenvalue weighted by Crippen LogP contribution is 2.13. The zero-order valence-corrected chi connectivity index (χ0v) is 19.1. The molecule has 29 heavy (non-hydrogen) atoms. The zero-order chi connectivity index (χ0) is 20.2. The highest BCUT2D eigenvalue weighted by Gasteiger charge is 2.05. The van der Waals surface area contributed by atoms with Gasteiger partial charge in [0.2, 0.25) is 0 Å². The van der Waals surface area contributed by atoms with E-state index < -0.39 is 0 Å². The third-order valence-electron chi connectivity index (χ3n) is 3.94. The Kier molecular flexibility index (Phi) is 11.6. The number of benzene rings is 2. The number of hydrogen-bond acceptors (Lipinski definition) is 4. The molecule has 2 rings (SSSR count). The third-order valence-corrected chi connectivity index (χ3v) is 3.94. The molecular weight excluding hydrogens is 483 g/mol. The molecule has 7 nitrogen and oxygen atoms in total. The van der Waals surface area contributed by atoms with Gasteiger partial charge in [-0.05, 0) is 49.2 Å². The Morgan fingerprint density at radius 2 is 1.83 bits per heavy atom. The molecule has 0 aromatic heterocycles. The second-order valence-electron chi connectivity index (χ2n) is 6.13. The van der Waals surface area contributed by atoms with Crippen molar-refractivity contribution < 1.29 is 14.6 Å². The molecular formula is C21H29IN4O3. The summed E-state index contributed by atoms with van der Waals surface area (Å²) >= 11 is 0. The van der Waals surface area contributed by atoms with Crippen LogP contribution in [-0.4, -0.2) is 43.7 Å². The van der Waals surface area contributed by atoms with Crippen LogP contribution >= 0.6 is 24.0 Å². The fraction of sp³-hybridized carbons (Fsp3) is 0.333. The molecule has 0 radical (unpaired) electrons. The van der Waals surface area contributed by atoms with Crippen molar-refractivity contribution in [2.75, 3.05) is 26.7 Å². The third kappa shape index (κ3) is 9.03. The zero-order valence-electron chi connectivity index (χ0n) is 16.8. The minimum absolute atomic E-state index is 0. The number of aromatic hydroxyl groups is 1. The van der Waals surface area contributed by atoms with E-state index in [0.29, 0.717) is 25.2 Å². The molecule has 4 N–H and O–H groups in total. The normalized spacial score (nSPS) is 10.6. The predicted octanol–water partition coefficient (Wildman–Crippen LogP) is 2.89. The number of nitrogens with one attached hydrogen (secondary N) is 3. The number of methoxy groups -OCH3 is 1. The summed E-state index contributed by atoms with van der Waals surface area (Å²) < 4.78 is 5.23. The summed E-state index contributed by atoms with van der Waals surface area (Å²) in [6, 6.07) is 14.1. The number of carbonyl (C=O) groups excluding carboxylic acids is 1. The number of phenolic OH excluding ortho intramolecular Hbond substituents is 1. The van der Waals surface area contributed by atoms with Gasteiger partial charge in [-0.1, -0.05) is 18.2 Å². The largest absolute Gasteiger partial charge is 0.508 e. The standard InChI is InChI=1S/C21H28N4O3.HI/c1-3-22-21(25-15-16-7-4-10-19(13-16)28-2)24-12-6-11-23-20(27)17-8-5-9-18(26)14-17;/h4-5,7-10,13-14,26H,3,6,11-12,15H2,1-2H3,(H,23,27)(H2,22,24,25);1H. The van der Waals surface area contributed by atoms with E-state index in [2.05, 4.69) is 20.9 Å². The Morgan fingerprint density at radius 1 is 1.07 bits per heavy atom. The Hall–Kier alpha value is -2.49. The first-order chi connectivity index (χ1) is 13.6. The van der Waals surface area contributed by atoms with Crippen molar-refractivity contribution in [2.45, 2.75) is 19.9 Å². The van der Waals surface area contributed by atoms with Crippen molar-refractivity contribution in [1.82, 2.24) is 16.0 Å². The molecule has 8 heteroatoms. The monoisotopic (exact) mass is 512 g/mol. The van der Waals surface area contributed by atoms with Crippen LogP contribution in [0.15, 0.2) is 53.5 Å². The second-order valence-corrected chi connectivity index (χ2v) is 6.13. The first kappa shape index (κ1) is 24.5. The Morgan fingerprint density at radius 3 is 2.55 bits per heavy atom. The first-order valence-electron chi connectivity index (χ1n) is 9.34. The van der Waals surface area contributed by atoms with E-state index in [0.717, 1.165) is 30.2 Å². The van der Waals surface area contributed by atoms with Gasteiger partial charge in [-0.25, -0.2) is 4.99 Å². The maximum absolute atomic E-state index is 12.0. The first-order valence-corrected chi connectivity index (χ1v) is 9.34. The van der Waals surface area contributed by atoms with Crippen LogP contribution in [0.2, 0.25) is 0 Å². The molecule has 158 valence electrons. The number of ether oxygens (including phenoxy) is 1. The highest BCUT2D eigenvalue weighted by molar-refractivity contribution is 14.0. The van der Waals surface area contributed by atoms with Gasteiger partial charge in [0.25, 0.3) is 5.91 Å². The lowest BCUT2D eigenvalue weighted by Crippen LogP contribution is -2.38. The summed E-state index contributed by atoms with van der Waals surface area (Å²) in [4.78, 5) is 16.6. The fourth-order valence-corrected chi connectivity index (χ4v) is 2.53. The summed E-state index contributed by atoms with van der Waals surface area (Å²) in [5, 5.41) is 18.7. The van der Waals surface area contributed by atoms with Crippen molar-refractivity contribution in [3.8, 4) is 11.5 Å². The fourth-order valence-electron chi connectivity index (χ4n) is 2.53. The van der Waals surface area contributed by atoms with E-state index in [1.165, 1.54) is 12.1 Å². The Balaban J connectivity index is 0.00000420. The summed E-state index contributed by atoms with van der Waals surface area (Å²) in [5.41, 5.74) is 1.51. The van der Waals surface area contributed by atoms with E-state index >= 15 is 0 Å². The average molecular weight is 512 g/mol. The number of guanidine groups is 1. The quantitative estimate of drug-likeness (QED) is 0.180. The van der Waals surface area contributed by atoms with Crippen LogP contribution in [0.5, 0.6) is 11.5 Å². The molecule has 2 aromatic rings. The molecule has 0 aliphatic heterocycles. The molecule has 0 atom stereocenters. The Labute approximate surface area is 189 Å². The average Bonchev–Trinajstić information content (AvgIpc) is 2.71. The maximum atomic E-state index is 12.0. The van der Waals surface area contributed by atoms with Gasteiger partial charge in [0.05, 0.1) is 13.7 Å². The van der Waals surface area contributed by atoms with Crippen LogP contribution in [0.4, 0.5) is 0 Å². The van der Waals surface area contributed by atoms with Crippen molar-refractivity contribution in [3.63, 3.8) is 0 Å². The minimum Gasteiger partial charge on any atom is -0.508 e. The molecule has 0 spiro atoms. The molecule has 0 fully saturated rings. The number of rotatable bonds is 9. The number of phenols is 1. The van der Waals surface area contributed by atoms with Crippen LogP contribution < -0.4 is 20.7 Å². The molecule has 0 saturated heterocycles. The molecule has 0 bridgehead atoms. The lowest BCUT2D eigenvalue weighted by Gasteiger charge is -2.12. The number of nitrogens with zero attached hydrogens (tertiary/aromatic N) is 1. The summed E-state index contributed by atoms with van der Waals surface area (Å²) in [5.74, 6) is 1.42. The van der Waals surface area contributed by atoms with Gasteiger partial charge in [0.1, 0.15) is 11.5 Å². The number of amides is 1. The van der Waals surface area contributed by atoms with Crippen molar-refractivity contribution in [2.24, 2.45) is 4.99 Å². The molecule has 1 amide bonds. The van der Waals surface area contributed by atoms with Gasteiger partial charge in [-0.15, -0.1) is 24.0 Å². The molecule has 2 aromatic carbocycles. The van der Waals surface area contributed by atoms with Crippen LogP contribution in [0, 0.1) is 0 Å². The SMILES string of the molecule is CCNC(=NCc1cccc(OC)c1)NCCCNC(=O)c1cccc(O)c1.I. The summed E-state index contributed by atoms with van der Waals surface area (Å²) in [6.07, 6.45) is 0.744. The molecule has 0 aliphatic carbocycles. The van der Waals surface area contributed by atoms with E-state index in [9.17, 15) is 9.90 Å². The van der Waals surface area contributed by atoms with Crippen LogP contribution in [0.1, 0.15) is 29.3 Å². The second kappa shape index (κ2) is 13.6. The summed E-state index contributed by atoms with van der Waals surface area (Å²) in [7, 11) is 1.65. The van der Waals surface area contributed by atoms with Crippen molar-refractivity contribution >= 4 is 35.8 Å². The lowest BCUT2D eigenvalue weighted by molar-refractivity contribution is 0.0953. The number of hydrogen-bond donors (Lipinski definition) is 4. The van der Waals surface area contributed by atoms with Crippen LogP contribution in [0.3, 0.4) is 0 Å². The maximum Gasteiger partial charge on any atom is 0.251 e. The van der Waals surface area contributed by atoms with Gasteiger partial charge >= 0.3 is 0 Å². The number of halogens is 1. The van der Waals surface area contributed by atoms with Crippen molar-refractivity contribution in [3.05, 3.63) is 59.7 Å². The van der Waals surface area contributed by atoms with Gasteiger partial charge in [-0.3, -0.25) is 4.79 Å². The van der Waals surface area contributed by atoms with Gasteiger partial charge in [0.15, 0.2) is 5.96 Å². The number of aliphatic imine (C=N–C) groups is 1. The minimum atomic E-state index is -0.200. The topological polar surface area (TPSA) is 95.0 Å². The Bertz CT molecular complexity index is 799. The molecule has 0 aliphatic rings. The molecule has 0 unspecified atom stereocenters. The van der Waals surface area contributed by atoms with Gasteiger partial charge in [0, 0.05) is 25.2 Å². The van der Waals surface area contributed by atoms with Gasteiger partial charge in [-0.2, -0.15) is 0 Å². The summed E-state index contributed by atoms with van der Waals surface area (Å²) in [6.45, 7) is 4.51.